The molecule has 0 spiro atoms. The standard InChI is InChI=1S/C45H58N2O2/c1-2-3-4-5-6-7-34-8-10-35(11-9-34)12-13-36-30-32-45(33-31-36,37-14-22-41(23-15-37)48-43-26-18-39(46)19-27-43)38-16-24-42(25-17-38)49-44-28-20-40(47)21-29-44/h14-29,34-36H,2-13,30-33,46-47H2,1H3. The van der Waals surface area contributed by atoms with Crippen molar-refractivity contribution in [3.8, 4) is 23.0 Å². The van der Waals surface area contributed by atoms with Crippen molar-refractivity contribution in [2.45, 2.75) is 115 Å². The number of hydrogen-bond acceptors (Lipinski definition) is 4. The van der Waals surface area contributed by atoms with Crippen LogP contribution in [0.25, 0.3) is 0 Å². The molecule has 4 aromatic rings. The van der Waals surface area contributed by atoms with E-state index in [0.717, 1.165) is 52.1 Å². The number of rotatable bonds is 15. The fraction of sp³-hybridized carbons (Fsp3) is 0.467. The summed E-state index contributed by atoms with van der Waals surface area (Å²) in [5.41, 5.74) is 15.9. The van der Waals surface area contributed by atoms with Crippen LogP contribution in [0, 0.1) is 17.8 Å². The molecule has 0 atom stereocenters. The predicted molar refractivity (Wildman–Crippen MR) is 206 cm³/mol. The molecule has 2 aliphatic carbocycles. The van der Waals surface area contributed by atoms with Gasteiger partial charge >= 0.3 is 0 Å². The van der Waals surface area contributed by atoms with Gasteiger partial charge in [-0.15, -0.1) is 0 Å². The Morgan fingerprint density at radius 2 is 0.837 bits per heavy atom. The predicted octanol–water partition coefficient (Wildman–Crippen LogP) is 12.9. The minimum Gasteiger partial charge on any atom is -0.457 e. The molecule has 2 saturated carbocycles. The summed E-state index contributed by atoms with van der Waals surface area (Å²) in [5, 5.41) is 0. The van der Waals surface area contributed by atoms with Gasteiger partial charge in [0.1, 0.15) is 23.0 Å². The van der Waals surface area contributed by atoms with Crippen LogP contribution in [-0.4, -0.2) is 0 Å². The molecule has 0 radical (unpaired) electrons. The second-order valence-electron chi connectivity index (χ2n) is 15.1. The average Bonchev–Trinajstić information content (AvgIpc) is 3.14. The van der Waals surface area contributed by atoms with Crippen molar-refractivity contribution in [3.63, 3.8) is 0 Å². The van der Waals surface area contributed by atoms with Crippen LogP contribution in [0.3, 0.4) is 0 Å². The normalized spacial score (nSPS) is 19.4. The molecule has 4 heteroatoms. The van der Waals surface area contributed by atoms with Crippen molar-refractivity contribution >= 4 is 11.4 Å². The first kappa shape index (κ1) is 34.9. The van der Waals surface area contributed by atoms with Crippen molar-refractivity contribution < 1.29 is 9.47 Å². The van der Waals surface area contributed by atoms with Gasteiger partial charge in [0.15, 0.2) is 0 Å². The van der Waals surface area contributed by atoms with E-state index in [-0.39, 0.29) is 5.41 Å². The first-order chi connectivity index (χ1) is 24.0. The molecule has 4 aromatic carbocycles. The zero-order valence-electron chi connectivity index (χ0n) is 29.8. The Hall–Kier alpha value is -3.92. The number of nitrogens with two attached hydrogens (primary N) is 2. The minimum atomic E-state index is -0.0227. The Morgan fingerprint density at radius 1 is 0.469 bits per heavy atom. The Labute approximate surface area is 295 Å². The van der Waals surface area contributed by atoms with Gasteiger partial charge in [-0.2, -0.15) is 0 Å². The van der Waals surface area contributed by atoms with Crippen LogP contribution in [0.15, 0.2) is 97.1 Å². The molecule has 0 unspecified atom stereocenters. The van der Waals surface area contributed by atoms with Gasteiger partial charge in [0.05, 0.1) is 0 Å². The van der Waals surface area contributed by atoms with Crippen LogP contribution in [-0.2, 0) is 5.41 Å². The summed E-state index contributed by atoms with van der Waals surface area (Å²) in [5.74, 6) is 6.05. The second-order valence-corrected chi connectivity index (χ2v) is 15.1. The Bertz CT molecular complexity index is 1440. The maximum Gasteiger partial charge on any atom is 0.127 e. The summed E-state index contributed by atoms with van der Waals surface area (Å²) >= 11 is 0. The molecule has 260 valence electrons. The van der Waals surface area contributed by atoms with Crippen molar-refractivity contribution in [1.82, 2.24) is 0 Å². The summed E-state index contributed by atoms with van der Waals surface area (Å²) < 4.78 is 12.3. The maximum absolute atomic E-state index is 6.16. The second kappa shape index (κ2) is 17.1. The molecule has 2 aliphatic rings. The lowest BCUT2D eigenvalue weighted by atomic mass is 9.62. The molecule has 0 heterocycles. The Morgan fingerprint density at radius 3 is 1.27 bits per heavy atom. The van der Waals surface area contributed by atoms with E-state index in [1.165, 1.54) is 114 Å². The molecule has 2 fully saturated rings. The average molecular weight is 659 g/mol. The van der Waals surface area contributed by atoms with Crippen LogP contribution >= 0.6 is 0 Å². The van der Waals surface area contributed by atoms with Gasteiger partial charge < -0.3 is 20.9 Å². The molecule has 49 heavy (non-hydrogen) atoms. The Balaban J connectivity index is 1.08. The smallest absolute Gasteiger partial charge is 0.127 e. The SMILES string of the molecule is CCCCCCCC1CCC(CCC2CCC(c3ccc(Oc4ccc(N)cc4)cc3)(c3ccc(Oc4ccc(N)cc4)cc3)CC2)CC1. The summed E-state index contributed by atoms with van der Waals surface area (Å²) in [6.07, 6.45) is 22.1. The van der Waals surface area contributed by atoms with Crippen molar-refractivity contribution in [1.29, 1.82) is 0 Å². The summed E-state index contributed by atoms with van der Waals surface area (Å²) in [4.78, 5) is 0. The van der Waals surface area contributed by atoms with Crippen molar-refractivity contribution in [3.05, 3.63) is 108 Å². The highest BCUT2D eigenvalue weighted by Crippen LogP contribution is 2.49. The van der Waals surface area contributed by atoms with E-state index < -0.39 is 0 Å². The lowest BCUT2D eigenvalue weighted by molar-refractivity contribution is 0.208. The first-order valence-electron chi connectivity index (χ1n) is 19.3. The molecule has 0 saturated heterocycles. The van der Waals surface area contributed by atoms with Crippen molar-refractivity contribution in [2.75, 3.05) is 11.5 Å². The van der Waals surface area contributed by atoms with E-state index in [1.54, 1.807) is 0 Å². The van der Waals surface area contributed by atoms with Crippen LogP contribution < -0.4 is 20.9 Å². The number of hydrogen-bond donors (Lipinski definition) is 2. The summed E-state index contributed by atoms with van der Waals surface area (Å²) in [6.45, 7) is 2.31. The zero-order chi connectivity index (χ0) is 33.9. The molecule has 0 aromatic heterocycles. The fourth-order valence-corrected chi connectivity index (χ4v) is 8.55. The largest absolute Gasteiger partial charge is 0.457 e. The summed E-state index contributed by atoms with van der Waals surface area (Å²) in [6, 6.07) is 32.8. The fourth-order valence-electron chi connectivity index (χ4n) is 8.55. The number of unbranched alkanes of at least 4 members (excludes halogenated alkanes) is 4. The number of nitrogen functional groups attached to an aromatic ring is 2. The van der Waals surface area contributed by atoms with Crippen LogP contribution in [0.2, 0.25) is 0 Å². The zero-order valence-corrected chi connectivity index (χ0v) is 29.8. The molecule has 4 nitrogen and oxygen atoms in total. The maximum atomic E-state index is 6.16. The van der Waals surface area contributed by atoms with Gasteiger partial charge in [-0.1, -0.05) is 108 Å². The van der Waals surface area contributed by atoms with Gasteiger partial charge in [-0.05, 0) is 127 Å². The molecule has 0 aliphatic heterocycles. The topological polar surface area (TPSA) is 70.5 Å². The summed E-state index contributed by atoms with van der Waals surface area (Å²) in [7, 11) is 0. The van der Waals surface area contributed by atoms with Crippen LogP contribution in [0.5, 0.6) is 23.0 Å². The molecular formula is C45H58N2O2. The van der Waals surface area contributed by atoms with Gasteiger partial charge in [-0.25, -0.2) is 0 Å². The van der Waals surface area contributed by atoms with E-state index >= 15 is 0 Å². The molecular weight excluding hydrogens is 601 g/mol. The minimum absolute atomic E-state index is 0.0227. The Kier molecular flexibility index (Phi) is 12.2. The van der Waals surface area contributed by atoms with Crippen LogP contribution in [0.4, 0.5) is 11.4 Å². The highest BCUT2D eigenvalue weighted by Gasteiger charge is 2.38. The molecule has 6 rings (SSSR count). The third-order valence-corrected chi connectivity index (χ3v) is 11.7. The lowest BCUT2D eigenvalue weighted by Gasteiger charge is -2.42. The highest BCUT2D eigenvalue weighted by atomic mass is 16.5. The molecule has 4 N–H and O–H groups in total. The highest BCUT2D eigenvalue weighted by molar-refractivity contribution is 5.47. The number of benzene rings is 4. The van der Waals surface area contributed by atoms with Gasteiger partial charge in [0, 0.05) is 16.8 Å². The van der Waals surface area contributed by atoms with E-state index in [1.807, 2.05) is 48.5 Å². The molecule has 0 amide bonds. The lowest BCUT2D eigenvalue weighted by Crippen LogP contribution is -2.33. The van der Waals surface area contributed by atoms with Gasteiger partial charge in [0.2, 0.25) is 0 Å². The van der Waals surface area contributed by atoms with E-state index in [4.69, 9.17) is 20.9 Å². The van der Waals surface area contributed by atoms with Gasteiger partial charge in [-0.3, -0.25) is 0 Å². The van der Waals surface area contributed by atoms with Gasteiger partial charge in [0.25, 0.3) is 0 Å². The van der Waals surface area contributed by atoms with Crippen molar-refractivity contribution in [2.24, 2.45) is 17.8 Å². The third-order valence-electron chi connectivity index (χ3n) is 11.7. The third kappa shape index (κ3) is 9.62. The van der Waals surface area contributed by atoms with E-state index in [0.29, 0.717) is 0 Å². The molecule has 0 bridgehead atoms. The van der Waals surface area contributed by atoms with E-state index in [9.17, 15) is 0 Å². The monoisotopic (exact) mass is 658 g/mol. The van der Waals surface area contributed by atoms with E-state index in [2.05, 4.69) is 55.5 Å². The number of ether oxygens (including phenoxy) is 2. The first-order valence-corrected chi connectivity index (χ1v) is 19.3. The van der Waals surface area contributed by atoms with Crippen LogP contribution in [0.1, 0.15) is 121 Å². The quantitative estimate of drug-likeness (QED) is 0.0985. The number of anilines is 2.